The van der Waals surface area contributed by atoms with Gasteiger partial charge in [0, 0.05) is 19.1 Å². The molecule has 1 amide bonds. The fourth-order valence-corrected chi connectivity index (χ4v) is 3.50. The van der Waals surface area contributed by atoms with Gasteiger partial charge < -0.3 is 19.1 Å². The molecule has 0 N–H and O–H groups in total. The molecule has 3 rings (SSSR count). The van der Waals surface area contributed by atoms with Crippen LogP contribution in [0.2, 0.25) is 0 Å². The third-order valence-electron chi connectivity index (χ3n) is 4.75. The van der Waals surface area contributed by atoms with Gasteiger partial charge in [0.25, 0.3) is 0 Å². The van der Waals surface area contributed by atoms with Crippen LogP contribution in [0.25, 0.3) is 0 Å². The smallest absolute Gasteiger partial charge is 0.226 e. The molecule has 3 aliphatic rings. The zero-order valence-electron chi connectivity index (χ0n) is 13.0. The topological polar surface area (TPSA) is 48.0 Å². The Morgan fingerprint density at radius 2 is 2.14 bits per heavy atom. The standard InChI is InChI=1S/C16H27NO4/c1-12-5-4-6-15(21-12)17-13(11-14(17)18)8-10-20-16-7-2-3-9-19-16/h12-13,15-16H,2-11H2,1H3. The van der Waals surface area contributed by atoms with Crippen molar-refractivity contribution >= 4 is 5.91 Å². The van der Waals surface area contributed by atoms with E-state index in [0.29, 0.717) is 13.0 Å². The molecule has 120 valence electrons. The van der Waals surface area contributed by atoms with Crippen LogP contribution in [0.15, 0.2) is 0 Å². The maximum Gasteiger partial charge on any atom is 0.226 e. The Kier molecular flexibility index (Phi) is 5.14. The molecule has 3 fully saturated rings. The van der Waals surface area contributed by atoms with E-state index in [1.165, 1.54) is 6.42 Å². The van der Waals surface area contributed by atoms with Gasteiger partial charge in [-0.2, -0.15) is 0 Å². The van der Waals surface area contributed by atoms with E-state index in [-0.39, 0.29) is 30.6 Å². The number of hydrogen-bond donors (Lipinski definition) is 0. The van der Waals surface area contributed by atoms with Crippen molar-refractivity contribution in [3.8, 4) is 0 Å². The Bertz CT molecular complexity index is 356. The normalized spacial score (nSPS) is 37.4. The summed E-state index contributed by atoms with van der Waals surface area (Å²) in [5.41, 5.74) is 0. The fraction of sp³-hybridized carbons (Fsp3) is 0.938. The predicted octanol–water partition coefficient (Wildman–Crippen LogP) is 2.44. The zero-order chi connectivity index (χ0) is 14.7. The Hall–Kier alpha value is -0.650. The van der Waals surface area contributed by atoms with E-state index in [2.05, 4.69) is 6.92 Å². The number of hydrogen-bond acceptors (Lipinski definition) is 4. The zero-order valence-corrected chi connectivity index (χ0v) is 13.0. The first-order chi connectivity index (χ1) is 10.2. The van der Waals surface area contributed by atoms with Crippen LogP contribution < -0.4 is 0 Å². The lowest BCUT2D eigenvalue weighted by molar-refractivity contribution is -0.192. The summed E-state index contributed by atoms with van der Waals surface area (Å²) in [5, 5.41) is 0. The van der Waals surface area contributed by atoms with Gasteiger partial charge in [-0.05, 0) is 51.9 Å². The number of amides is 1. The Balaban J connectivity index is 1.41. The highest BCUT2D eigenvalue weighted by Gasteiger charge is 2.42. The molecule has 4 atom stereocenters. The van der Waals surface area contributed by atoms with Crippen LogP contribution in [0, 0.1) is 0 Å². The van der Waals surface area contributed by atoms with Crippen LogP contribution in [0.5, 0.6) is 0 Å². The van der Waals surface area contributed by atoms with Gasteiger partial charge in [-0.3, -0.25) is 4.79 Å². The number of nitrogens with zero attached hydrogens (tertiary/aromatic N) is 1. The second kappa shape index (κ2) is 7.07. The lowest BCUT2D eigenvalue weighted by atomic mass is 9.96. The maximum atomic E-state index is 11.9. The number of β-lactam (4-membered cyclic amide) rings is 1. The number of rotatable bonds is 5. The summed E-state index contributed by atoms with van der Waals surface area (Å²) in [7, 11) is 0. The molecule has 0 aromatic heterocycles. The molecule has 0 aliphatic carbocycles. The van der Waals surface area contributed by atoms with Crippen molar-refractivity contribution in [2.24, 2.45) is 0 Å². The summed E-state index contributed by atoms with van der Waals surface area (Å²) >= 11 is 0. The van der Waals surface area contributed by atoms with E-state index in [1.54, 1.807) is 0 Å². The van der Waals surface area contributed by atoms with Crippen molar-refractivity contribution in [1.82, 2.24) is 4.90 Å². The van der Waals surface area contributed by atoms with Crippen LogP contribution in [-0.2, 0) is 19.0 Å². The third kappa shape index (κ3) is 3.76. The molecule has 5 nitrogen and oxygen atoms in total. The molecule has 21 heavy (non-hydrogen) atoms. The van der Waals surface area contributed by atoms with Crippen molar-refractivity contribution in [2.75, 3.05) is 13.2 Å². The van der Waals surface area contributed by atoms with Crippen LogP contribution in [-0.4, -0.2) is 48.7 Å². The summed E-state index contributed by atoms with van der Waals surface area (Å²) in [6, 6.07) is 0.288. The third-order valence-corrected chi connectivity index (χ3v) is 4.75. The molecule has 0 radical (unpaired) electrons. The first-order valence-corrected chi connectivity index (χ1v) is 8.44. The summed E-state index contributed by atoms with van der Waals surface area (Å²) in [4.78, 5) is 13.8. The highest BCUT2D eigenvalue weighted by molar-refractivity contribution is 5.83. The molecule has 3 aliphatic heterocycles. The largest absolute Gasteiger partial charge is 0.355 e. The second-order valence-corrected chi connectivity index (χ2v) is 6.45. The average molecular weight is 297 g/mol. The number of carbonyl (C=O) groups excluding carboxylic acids is 1. The van der Waals surface area contributed by atoms with E-state index in [4.69, 9.17) is 14.2 Å². The SMILES string of the molecule is CC1CCCC(N2C(=O)CC2CCOC2CCCCO2)O1. The first kappa shape index (κ1) is 15.3. The lowest BCUT2D eigenvalue weighted by Crippen LogP contribution is -2.59. The fourth-order valence-electron chi connectivity index (χ4n) is 3.50. The number of ether oxygens (including phenoxy) is 3. The Labute approximate surface area is 126 Å². The summed E-state index contributed by atoms with van der Waals surface area (Å²) < 4.78 is 17.3. The minimum Gasteiger partial charge on any atom is -0.355 e. The van der Waals surface area contributed by atoms with Crippen LogP contribution in [0.4, 0.5) is 0 Å². The Morgan fingerprint density at radius 3 is 2.86 bits per heavy atom. The van der Waals surface area contributed by atoms with Crippen molar-refractivity contribution in [1.29, 1.82) is 0 Å². The highest BCUT2D eigenvalue weighted by Crippen LogP contribution is 2.31. The van der Waals surface area contributed by atoms with Crippen molar-refractivity contribution in [2.45, 2.75) is 83.0 Å². The monoisotopic (exact) mass is 297 g/mol. The number of carbonyl (C=O) groups is 1. The van der Waals surface area contributed by atoms with Crippen LogP contribution in [0.1, 0.15) is 58.3 Å². The molecule has 4 unspecified atom stereocenters. The van der Waals surface area contributed by atoms with E-state index < -0.39 is 0 Å². The highest BCUT2D eigenvalue weighted by atomic mass is 16.7. The minimum absolute atomic E-state index is 0.00840. The van der Waals surface area contributed by atoms with Gasteiger partial charge in [-0.25, -0.2) is 0 Å². The van der Waals surface area contributed by atoms with Crippen LogP contribution >= 0.6 is 0 Å². The van der Waals surface area contributed by atoms with Gasteiger partial charge in [0.2, 0.25) is 5.91 Å². The molecular formula is C16H27NO4. The predicted molar refractivity (Wildman–Crippen MR) is 77.6 cm³/mol. The lowest BCUT2D eigenvalue weighted by Gasteiger charge is -2.47. The van der Waals surface area contributed by atoms with Crippen molar-refractivity contribution in [3.05, 3.63) is 0 Å². The van der Waals surface area contributed by atoms with Gasteiger partial charge >= 0.3 is 0 Å². The quantitative estimate of drug-likeness (QED) is 0.731. The molecule has 3 saturated heterocycles. The molecule has 0 aromatic rings. The van der Waals surface area contributed by atoms with E-state index >= 15 is 0 Å². The maximum absolute atomic E-state index is 11.9. The molecular weight excluding hydrogens is 270 g/mol. The molecule has 0 spiro atoms. The second-order valence-electron chi connectivity index (χ2n) is 6.45. The molecule has 0 aromatic carbocycles. The average Bonchev–Trinajstić information content (AvgIpc) is 2.47. The van der Waals surface area contributed by atoms with Gasteiger partial charge in [-0.1, -0.05) is 0 Å². The van der Waals surface area contributed by atoms with Crippen molar-refractivity contribution in [3.63, 3.8) is 0 Å². The van der Waals surface area contributed by atoms with Gasteiger partial charge in [0.1, 0.15) is 6.23 Å². The molecule has 5 heteroatoms. The summed E-state index contributed by atoms with van der Waals surface area (Å²) in [6.45, 7) is 3.57. The molecule has 0 saturated carbocycles. The summed E-state index contributed by atoms with van der Waals surface area (Å²) in [5.74, 6) is 0.230. The summed E-state index contributed by atoms with van der Waals surface area (Å²) in [6.07, 6.45) is 8.30. The van der Waals surface area contributed by atoms with E-state index in [1.807, 2.05) is 4.90 Å². The molecule has 3 heterocycles. The minimum atomic E-state index is -0.0334. The van der Waals surface area contributed by atoms with Crippen LogP contribution in [0.3, 0.4) is 0 Å². The van der Waals surface area contributed by atoms with Crippen molar-refractivity contribution < 1.29 is 19.0 Å². The molecule has 0 bridgehead atoms. The first-order valence-electron chi connectivity index (χ1n) is 8.44. The van der Waals surface area contributed by atoms with E-state index in [0.717, 1.165) is 45.1 Å². The number of likely N-dealkylation sites (tertiary alicyclic amines) is 1. The van der Waals surface area contributed by atoms with Gasteiger partial charge in [0.05, 0.1) is 12.7 Å². The Morgan fingerprint density at radius 1 is 1.24 bits per heavy atom. The van der Waals surface area contributed by atoms with Gasteiger partial charge in [0.15, 0.2) is 6.29 Å². The van der Waals surface area contributed by atoms with E-state index in [9.17, 15) is 4.79 Å². The van der Waals surface area contributed by atoms with Gasteiger partial charge in [-0.15, -0.1) is 0 Å².